The number of thiazole rings is 2. The molecule has 4 nitrogen and oxygen atoms in total. The van der Waals surface area contributed by atoms with Gasteiger partial charge in [0.1, 0.15) is 11.2 Å². The summed E-state index contributed by atoms with van der Waals surface area (Å²) in [5, 5.41) is 2.13. The van der Waals surface area contributed by atoms with Crippen molar-refractivity contribution in [1.82, 2.24) is 19.3 Å². The predicted molar refractivity (Wildman–Crippen MR) is 77.8 cm³/mol. The summed E-state index contributed by atoms with van der Waals surface area (Å²) in [7, 11) is 0. The van der Waals surface area contributed by atoms with Crippen molar-refractivity contribution in [1.29, 1.82) is 0 Å². The summed E-state index contributed by atoms with van der Waals surface area (Å²) in [6.07, 6.45) is 7.21. The maximum Gasteiger partial charge on any atom is 0.123 e. The van der Waals surface area contributed by atoms with Crippen LogP contribution in [0.25, 0.3) is 4.83 Å². The summed E-state index contributed by atoms with van der Waals surface area (Å²) < 4.78 is 2.13. The predicted octanol–water partition coefficient (Wildman–Crippen LogP) is 2.84. The third-order valence-electron chi connectivity index (χ3n) is 3.70. The van der Waals surface area contributed by atoms with E-state index in [1.54, 1.807) is 22.7 Å². The zero-order chi connectivity index (χ0) is 12.7. The van der Waals surface area contributed by atoms with Crippen molar-refractivity contribution < 1.29 is 0 Å². The van der Waals surface area contributed by atoms with E-state index in [9.17, 15) is 0 Å². The van der Waals surface area contributed by atoms with E-state index in [2.05, 4.69) is 30.8 Å². The molecule has 0 amide bonds. The first-order valence-electron chi connectivity index (χ1n) is 6.40. The highest BCUT2D eigenvalue weighted by Crippen LogP contribution is 2.31. The van der Waals surface area contributed by atoms with Gasteiger partial charge in [-0.1, -0.05) is 0 Å². The van der Waals surface area contributed by atoms with E-state index in [0.717, 1.165) is 19.6 Å². The third-order valence-corrected chi connectivity index (χ3v) is 5.36. The standard InChI is InChI=1S/C13H14N4S2/c1-2-16(7-11-5-14-9-19-11)6-10(1)12-13-17(8-15-12)3-4-18-13/h3-5,8-10H,1-2,6-7H2/t10-/m0/s1. The first-order chi connectivity index (χ1) is 9.40. The lowest BCUT2D eigenvalue weighted by Gasteiger charge is -2.13. The van der Waals surface area contributed by atoms with E-state index >= 15 is 0 Å². The van der Waals surface area contributed by atoms with Crippen LogP contribution in [0.5, 0.6) is 0 Å². The molecule has 1 aliphatic heterocycles. The van der Waals surface area contributed by atoms with E-state index in [-0.39, 0.29) is 0 Å². The molecule has 0 radical (unpaired) electrons. The highest BCUT2D eigenvalue weighted by Gasteiger charge is 2.27. The van der Waals surface area contributed by atoms with Gasteiger partial charge in [-0.2, -0.15) is 0 Å². The van der Waals surface area contributed by atoms with Crippen LogP contribution in [0.3, 0.4) is 0 Å². The number of hydrogen-bond donors (Lipinski definition) is 0. The zero-order valence-electron chi connectivity index (χ0n) is 10.4. The molecule has 0 N–H and O–H groups in total. The van der Waals surface area contributed by atoms with Gasteiger partial charge in [-0.15, -0.1) is 22.7 Å². The number of fused-ring (bicyclic) bond motifs is 1. The second-order valence-corrected chi connectivity index (χ2v) is 6.80. The van der Waals surface area contributed by atoms with Crippen molar-refractivity contribution in [3.05, 3.63) is 40.2 Å². The molecule has 1 aliphatic rings. The van der Waals surface area contributed by atoms with Gasteiger partial charge in [0.2, 0.25) is 0 Å². The third kappa shape index (κ3) is 2.09. The molecule has 4 rings (SSSR count). The maximum atomic E-state index is 4.61. The van der Waals surface area contributed by atoms with Gasteiger partial charge >= 0.3 is 0 Å². The monoisotopic (exact) mass is 290 g/mol. The summed E-state index contributed by atoms with van der Waals surface area (Å²) in [4.78, 5) is 13.9. The quantitative estimate of drug-likeness (QED) is 0.744. The van der Waals surface area contributed by atoms with Gasteiger partial charge in [0, 0.05) is 41.7 Å². The molecular formula is C13H14N4S2. The second-order valence-electron chi connectivity index (χ2n) is 4.93. The molecule has 0 aromatic carbocycles. The number of rotatable bonds is 3. The Kier molecular flexibility index (Phi) is 2.86. The molecule has 0 bridgehead atoms. The zero-order valence-corrected chi connectivity index (χ0v) is 12.0. The van der Waals surface area contributed by atoms with E-state index < -0.39 is 0 Å². The average molecular weight is 290 g/mol. The molecule has 0 aliphatic carbocycles. The van der Waals surface area contributed by atoms with Crippen LogP contribution in [0.2, 0.25) is 0 Å². The van der Waals surface area contributed by atoms with Gasteiger partial charge in [0.05, 0.1) is 11.2 Å². The molecule has 6 heteroatoms. The minimum Gasteiger partial charge on any atom is -0.298 e. The summed E-state index contributed by atoms with van der Waals surface area (Å²) >= 11 is 3.53. The Morgan fingerprint density at radius 3 is 3.26 bits per heavy atom. The lowest BCUT2D eigenvalue weighted by atomic mass is 10.1. The molecule has 3 aromatic rings. The topological polar surface area (TPSA) is 33.4 Å². The van der Waals surface area contributed by atoms with E-state index in [1.165, 1.54) is 21.8 Å². The molecule has 0 saturated carbocycles. The van der Waals surface area contributed by atoms with Crippen LogP contribution >= 0.6 is 22.7 Å². The molecule has 1 saturated heterocycles. The molecule has 0 spiro atoms. The maximum absolute atomic E-state index is 4.61. The van der Waals surface area contributed by atoms with Crippen LogP contribution in [-0.4, -0.2) is 32.4 Å². The Labute approximate surface area is 119 Å². The number of aromatic nitrogens is 3. The van der Waals surface area contributed by atoms with E-state index in [1.807, 2.05) is 18.0 Å². The Hall–Kier alpha value is -1.24. The Morgan fingerprint density at radius 2 is 2.37 bits per heavy atom. The molecule has 98 valence electrons. The number of likely N-dealkylation sites (tertiary alicyclic amines) is 1. The fourth-order valence-electron chi connectivity index (χ4n) is 2.77. The lowest BCUT2D eigenvalue weighted by molar-refractivity contribution is 0.329. The summed E-state index contributed by atoms with van der Waals surface area (Å²) in [5.41, 5.74) is 3.19. The van der Waals surface area contributed by atoms with Crippen molar-refractivity contribution in [2.45, 2.75) is 18.9 Å². The van der Waals surface area contributed by atoms with Gasteiger partial charge in [-0.05, 0) is 13.0 Å². The van der Waals surface area contributed by atoms with Gasteiger partial charge in [0.15, 0.2) is 0 Å². The molecule has 4 heterocycles. The molecule has 3 aromatic heterocycles. The van der Waals surface area contributed by atoms with Gasteiger partial charge in [-0.3, -0.25) is 14.3 Å². The van der Waals surface area contributed by atoms with E-state index in [0.29, 0.717) is 5.92 Å². The van der Waals surface area contributed by atoms with Crippen LogP contribution in [0.1, 0.15) is 22.9 Å². The minimum absolute atomic E-state index is 0.580. The SMILES string of the molecule is c1ncc(CN2CC[C@H](c3ncn4ccsc34)C2)s1. The van der Waals surface area contributed by atoms with E-state index in [4.69, 9.17) is 0 Å². The van der Waals surface area contributed by atoms with Crippen LogP contribution in [-0.2, 0) is 6.54 Å². The van der Waals surface area contributed by atoms with Crippen molar-refractivity contribution in [2.75, 3.05) is 13.1 Å². The normalized spacial score (nSPS) is 20.5. The summed E-state index contributed by atoms with van der Waals surface area (Å²) in [5.74, 6) is 0.580. The Balaban J connectivity index is 1.51. The Morgan fingerprint density at radius 1 is 1.37 bits per heavy atom. The van der Waals surface area contributed by atoms with Crippen molar-refractivity contribution >= 4 is 27.5 Å². The number of nitrogens with zero attached hydrogens (tertiary/aromatic N) is 4. The van der Waals surface area contributed by atoms with Gasteiger partial charge in [0.25, 0.3) is 0 Å². The molecule has 1 atom stereocenters. The van der Waals surface area contributed by atoms with Crippen LogP contribution in [0, 0.1) is 0 Å². The first kappa shape index (κ1) is 11.6. The second kappa shape index (κ2) is 4.70. The average Bonchev–Trinajstić information content (AvgIpc) is 3.13. The highest BCUT2D eigenvalue weighted by atomic mass is 32.1. The van der Waals surface area contributed by atoms with Crippen LogP contribution in [0.4, 0.5) is 0 Å². The number of hydrogen-bond acceptors (Lipinski definition) is 5. The first-order valence-corrected chi connectivity index (χ1v) is 8.16. The largest absolute Gasteiger partial charge is 0.298 e. The van der Waals surface area contributed by atoms with Crippen LogP contribution < -0.4 is 0 Å². The summed E-state index contributed by atoms with van der Waals surface area (Å²) in [6.45, 7) is 3.30. The highest BCUT2D eigenvalue weighted by molar-refractivity contribution is 7.15. The smallest absolute Gasteiger partial charge is 0.123 e. The van der Waals surface area contributed by atoms with Crippen molar-refractivity contribution in [3.8, 4) is 0 Å². The molecule has 0 unspecified atom stereocenters. The summed E-state index contributed by atoms with van der Waals surface area (Å²) in [6, 6.07) is 0. The lowest BCUT2D eigenvalue weighted by Crippen LogP contribution is -2.19. The Bertz CT molecular complexity index is 670. The molecule has 19 heavy (non-hydrogen) atoms. The number of imidazole rings is 1. The fraction of sp³-hybridized carbons (Fsp3) is 0.385. The molecular weight excluding hydrogens is 276 g/mol. The minimum atomic E-state index is 0.580. The van der Waals surface area contributed by atoms with Crippen molar-refractivity contribution in [3.63, 3.8) is 0 Å². The van der Waals surface area contributed by atoms with Crippen LogP contribution in [0.15, 0.2) is 29.6 Å². The fourth-order valence-corrected chi connectivity index (χ4v) is 4.30. The van der Waals surface area contributed by atoms with Crippen molar-refractivity contribution in [2.24, 2.45) is 0 Å². The molecule has 1 fully saturated rings. The van der Waals surface area contributed by atoms with Gasteiger partial charge < -0.3 is 0 Å². The van der Waals surface area contributed by atoms with Gasteiger partial charge in [-0.25, -0.2) is 4.98 Å².